The molecule has 1 fully saturated rings. The Hall–Kier alpha value is -2.54. The Bertz CT molecular complexity index is 621. The molecule has 1 saturated carbocycles. The molecule has 1 aliphatic carbocycles. The number of hydrogen-bond donors (Lipinski definition) is 2. The zero-order chi connectivity index (χ0) is 18.9. The van der Waals surface area contributed by atoms with E-state index in [-0.39, 0.29) is 11.9 Å². The van der Waals surface area contributed by atoms with E-state index in [1.807, 2.05) is 0 Å². The smallest absolute Gasteiger partial charge is 0.249 e. The van der Waals surface area contributed by atoms with Crippen molar-refractivity contribution in [3.05, 3.63) is 36.4 Å². The van der Waals surface area contributed by atoms with Gasteiger partial charge in [0.1, 0.15) is 18.1 Å². The summed E-state index contributed by atoms with van der Waals surface area (Å²) in [5.74, 6) is 0.270. The van der Waals surface area contributed by atoms with Crippen LogP contribution in [0.25, 0.3) is 0 Å². The number of carboxylic acids is 1. The quantitative estimate of drug-likeness (QED) is 0.499. The molecule has 1 aromatic carbocycles. The van der Waals surface area contributed by atoms with E-state index in [0.29, 0.717) is 11.5 Å². The van der Waals surface area contributed by atoms with Crippen LogP contribution in [0.1, 0.15) is 32.6 Å². The average molecular weight is 362 g/mol. The highest BCUT2D eigenvalue weighted by atomic mass is 16.5. The highest BCUT2D eigenvalue weighted by Gasteiger charge is 2.19. The molecule has 0 bridgehead atoms. The van der Waals surface area contributed by atoms with Crippen LogP contribution in [0.2, 0.25) is 0 Å². The first-order valence-corrected chi connectivity index (χ1v) is 8.83. The monoisotopic (exact) mass is 362 g/mol. The first kappa shape index (κ1) is 19.8. The van der Waals surface area contributed by atoms with Crippen molar-refractivity contribution in [1.29, 1.82) is 0 Å². The van der Waals surface area contributed by atoms with Crippen LogP contribution in [0, 0.1) is 5.92 Å². The minimum Gasteiger partial charge on any atom is -0.546 e. The fraction of sp³-hybridized carbons (Fsp3) is 0.474. The summed E-state index contributed by atoms with van der Waals surface area (Å²) in [6.07, 6.45) is 6.88. The van der Waals surface area contributed by atoms with Gasteiger partial charge in [-0.25, -0.2) is 0 Å². The van der Waals surface area contributed by atoms with E-state index >= 15 is 0 Å². The van der Waals surface area contributed by atoms with Gasteiger partial charge in [0.25, 0.3) is 0 Å². The van der Waals surface area contributed by atoms with Gasteiger partial charge in [0.2, 0.25) is 12.1 Å². The summed E-state index contributed by atoms with van der Waals surface area (Å²) >= 11 is 0. The van der Waals surface area contributed by atoms with Crippen molar-refractivity contribution in [2.75, 3.05) is 6.61 Å². The second-order valence-corrected chi connectivity index (χ2v) is 6.61. The second kappa shape index (κ2) is 9.82. The number of carbonyl (C=O) groups excluding carboxylic acids is 2. The number of hydrogen-bond acceptors (Lipinski definition) is 5. The maximum Gasteiger partial charge on any atom is 0.249 e. The molecular weight excluding hydrogens is 336 g/mol. The number of rotatable bonds is 8. The highest BCUT2D eigenvalue weighted by molar-refractivity contribution is 5.87. The van der Waals surface area contributed by atoms with Crippen molar-refractivity contribution < 1.29 is 29.9 Å². The number of nitrogens with one attached hydrogen (secondary N) is 1. The number of benzene rings is 1. The molecular formula is C19H26N2O5. The molecule has 7 nitrogen and oxygen atoms in total. The van der Waals surface area contributed by atoms with Gasteiger partial charge in [-0.15, -0.1) is 0 Å². The van der Waals surface area contributed by atoms with Gasteiger partial charge in [0.05, 0.1) is 5.97 Å². The molecule has 7 heteroatoms. The standard InChI is InChI=1S/C19H26N2O5/c1-13-2-4-14(5-3-13)21-18(22)11-10-17(20)26-16-8-6-15(7-9-16)25-12-19(23)24/h6-11,13-14,17H,2-5,12,20H2,1H3,(H,21,22)(H,23,24)/b11-10+. The van der Waals surface area contributed by atoms with Crippen LogP contribution in [-0.4, -0.2) is 30.8 Å². The molecule has 1 aliphatic rings. The number of aliphatic carboxylic acids is 1. The molecule has 2 rings (SSSR count). The zero-order valence-corrected chi connectivity index (χ0v) is 15.0. The van der Waals surface area contributed by atoms with Gasteiger partial charge in [0, 0.05) is 18.2 Å². The third-order valence-corrected chi connectivity index (χ3v) is 4.29. The first-order valence-electron chi connectivity index (χ1n) is 8.83. The normalized spacial score (nSPS) is 21.2. The topological polar surface area (TPSA) is 115 Å². The molecule has 1 aromatic rings. The lowest BCUT2D eigenvalue weighted by molar-refractivity contribution is -0.454. The van der Waals surface area contributed by atoms with E-state index < -0.39 is 18.8 Å². The minimum atomic E-state index is -1.28. The van der Waals surface area contributed by atoms with Crippen LogP contribution in [-0.2, 0) is 9.59 Å². The van der Waals surface area contributed by atoms with Crippen molar-refractivity contribution in [3.8, 4) is 11.5 Å². The van der Waals surface area contributed by atoms with Crippen molar-refractivity contribution in [3.63, 3.8) is 0 Å². The van der Waals surface area contributed by atoms with E-state index in [9.17, 15) is 14.7 Å². The van der Waals surface area contributed by atoms with Gasteiger partial charge in [-0.1, -0.05) is 6.92 Å². The van der Waals surface area contributed by atoms with E-state index in [0.717, 1.165) is 31.6 Å². The Balaban J connectivity index is 1.74. The lowest BCUT2D eigenvalue weighted by atomic mass is 9.87. The number of carbonyl (C=O) groups is 2. The fourth-order valence-electron chi connectivity index (χ4n) is 2.82. The molecule has 0 saturated heterocycles. The van der Waals surface area contributed by atoms with E-state index in [2.05, 4.69) is 18.0 Å². The molecule has 0 radical (unpaired) electrons. The SMILES string of the molecule is CC1CCC(NC(=O)/C=C/C([NH3+])Oc2ccc(OCC(=O)[O-])cc2)CC1. The lowest BCUT2D eigenvalue weighted by Crippen LogP contribution is -2.63. The predicted molar refractivity (Wildman–Crippen MR) is 93.0 cm³/mol. The summed E-state index contributed by atoms with van der Waals surface area (Å²) in [6, 6.07) is 6.71. The maximum absolute atomic E-state index is 12.0. The van der Waals surface area contributed by atoms with Crippen LogP contribution in [0.4, 0.5) is 0 Å². The summed E-state index contributed by atoms with van der Waals surface area (Å²) in [5, 5.41) is 13.4. The zero-order valence-electron chi connectivity index (χ0n) is 15.0. The largest absolute Gasteiger partial charge is 0.546 e. The number of ether oxygens (including phenoxy) is 2. The fourth-order valence-corrected chi connectivity index (χ4v) is 2.82. The van der Waals surface area contributed by atoms with Crippen molar-refractivity contribution in [2.24, 2.45) is 5.92 Å². The van der Waals surface area contributed by atoms with Gasteiger partial charge in [-0.3, -0.25) is 4.79 Å². The summed E-state index contributed by atoms with van der Waals surface area (Å²) < 4.78 is 10.6. The Kier molecular flexibility index (Phi) is 7.47. The Labute approximate surface area is 153 Å². The molecule has 1 atom stereocenters. The van der Waals surface area contributed by atoms with Gasteiger partial charge < -0.3 is 30.4 Å². The van der Waals surface area contributed by atoms with Crippen molar-refractivity contribution in [1.82, 2.24) is 5.32 Å². The van der Waals surface area contributed by atoms with Crippen molar-refractivity contribution in [2.45, 2.75) is 44.9 Å². The molecule has 0 spiro atoms. The third kappa shape index (κ3) is 7.14. The van der Waals surface area contributed by atoms with Crippen LogP contribution in [0.5, 0.6) is 11.5 Å². The summed E-state index contributed by atoms with van der Waals surface area (Å²) in [4.78, 5) is 22.3. The Morgan fingerprint density at radius 2 is 1.85 bits per heavy atom. The number of carboxylic acid groups (broad SMARTS) is 1. The second-order valence-electron chi connectivity index (χ2n) is 6.61. The molecule has 1 amide bonds. The highest BCUT2D eigenvalue weighted by Crippen LogP contribution is 2.23. The minimum absolute atomic E-state index is 0.132. The molecule has 1 unspecified atom stereocenters. The average Bonchev–Trinajstić information content (AvgIpc) is 2.61. The Morgan fingerprint density at radius 3 is 2.46 bits per heavy atom. The molecule has 26 heavy (non-hydrogen) atoms. The predicted octanol–water partition coefficient (Wildman–Crippen LogP) is 0.0132. The molecule has 4 N–H and O–H groups in total. The molecule has 0 heterocycles. The van der Waals surface area contributed by atoms with Gasteiger partial charge in [-0.2, -0.15) is 0 Å². The van der Waals surface area contributed by atoms with Crippen LogP contribution < -0.4 is 25.6 Å². The summed E-state index contributed by atoms with van der Waals surface area (Å²) in [7, 11) is 0. The Morgan fingerprint density at radius 1 is 1.23 bits per heavy atom. The maximum atomic E-state index is 12.0. The van der Waals surface area contributed by atoms with Gasteiger partial charge in [0.15, 0.2) is 0 Å². The van der Waals surface area contributed by atoms with Gasteiger partial charge >= 0.3 is 0 Å². The molecule has 142 valence electrons. The molecule has 0 aliphatic heterocycles. The van der Waals surface area contributed by atoms with E-state index in [4.69, 9.17) is 9.47 Å². The van der Waals surface area contributed by atoms with Gasteiger partial charge in [-0.05, 0) is 55.9 Å². The number of amides is 1. The van der Waals surface area contributed by atoms with Crippen molar-refractivity contribution >= 4 is 11.9 Å². The van der Waals surface area contributed by atoms with Crippen LogP contribution >= 0.6 is 0 Å². The number of quaternary nitrogens is 1. The third-order valence-electron chi connectivity index (χ3n) is 4.29. The lowest BCUT2D eigenvalue weighted by Gasteiger charge is -2.26. The molecule has 0 aromatic heterocycles. The first-order chi connectivity index (χ1) is 12.4. The summed E-state index contributed by atoms with van der Waals surface area (Å²) in [6.45, 7) is 1.74. The summed E-state index contributed by atoms with van der Waals surface area (Å²) in [5.41, 5.74) is 3.84. The van der Waals surface area contributed by atoms with Crippen LogP contribution in [0.3, 0.4) is 0 Å². The van der Waals surface area contributed by atoms with E-state index in [1.54, 1.807) is 30.3 Å². The van der Waals surface area contributed by atoms with E-state index in [1.165, 1.54) is 6.08 Å². The van der Waals surface area contributed by atoms with Crippen LogP contribution in [0.15, 0.2) is 36.4 Å².